The number of hydrogen-bond acceptors (Lipinski definition) is 25. The zero-order valence-electron chi connectivity index (χ0n) is 66.2. The molecule has 118 heavy (non-hydrogen) atoms. The Morgan fingerprint density at radius 1 is 0.347 bits per heavy atom. The predicted octanol–water partition coefficient (Wildman–Crippen LogP) is 8.66. The van der Waals surface area contributed by atoms with Gasteiger partial charge in [-0.25, -0.2) is 28.8 Å². The number of amides is 12. The second-order valence-corrected chi connectivity index (χ2v) is 32.5. The maximum atomic E-state index is 12.0. The summed E-state index contributed by atoms with van der Waals surface area (Å²) in [7, 11) is 0. The largest absolute Gasteiger partial charge is 0.426 e. The summed E-state index contributed by atoms with van der Waals surface area (Å²) < 4.78 is 30.0. The van der Waals surface area contributed by atoms with E-state index in [2.05, 4.69) is 77.8 Å². The van der Waals surface area contributed by atoms with Gasteiger partial charge in [-0.05, 0) is 164 Å². The van der Waals surface area contributed by atoms with Crippen molar-refractivity contribution in [2.24, 2.45) is 29.6 Å². The van der Waals surface area contributed by atoms with Gasteiger partial charge in [0.25, 0.3) is 35.4 Å². The quantitative estimate of drug-likeness (QED) is 0.0325. The van der Waals surface area contributed by atoms with E-state index in [1.807, 2.05) is 11.4 Å². The van der Waals surface area contributed by atoms with Crippen LogP contribution in [0.5, 0.6) is 0 Å². The molecule has 7 aromatic rings. The van der Waals surface area contributed by atoms with Crippen molar-refractivity contribution in [2.45, 2.75) is 220 Å². The smallest absolute Gasteiger partial charge is 0.336 e. The topological polar surface area (TPSA) is 458 Å². The number of carbonyl (C=O) groups is 12. The molecule has 6 N–H and O–H groups in total. The van der Waals surface area contributed by atoms with Gasteiger partial charge in [0.15, 0.2) is 0 Å². The van der Waals surface area contributed by atoms with E-state index in [1.54, 1.807) is 11.3 Å². The van der Waals surface area contributed by atoms with Crippen molar-refractivity contribution in [3.05, 3.63) is 235 Å². The number of fused-ring (bicyclic) bond motifs is 6. The van der Waals surface area contributed by atoms with Crippen LogP contribution >= 0.6 is 11.3 Å². The molecule has 0 aromatic carbocycles. The van der Waals surface area contributed by atoms with Crippen molar-refractivity contribution in [3.63, 3.8) is 0 Å². The fourth-order valence-electron chi connectivity index (χ4n) is 16.1. The molecule has 9 aliphatic rings. The van der Waals surface area contributed by atoms with Crippen LogP contribution in [0.15, 0.2) is 121 Å². The molecule has 1 unspecified atom stereocenters. The number of carbonyl (C=O) groups excluding carboxylic acids is 12. The van der Waals surface area contributed by atoms with Gasteiger partial charge in [-0.15, -0.1) is 11.3 Å². The van der Waals surface area contributed by atoms with Crippen molar-refractivity contribution < 1.29 is 84.0 Å². The molecule has 12 amide bonds. The van der Waals surface area contributed by atoms with Gasteiger partial charge in [-0.1, -0.05) is 110 Å². The first-order valence-electron chi connectivity index (χ1n) is 40.2. The minimum atomic E-state index is -0.512. The van der Waals surface area contributed by atoms with Gasteiger partial charge in [0, 0.05) is 41.3 Å². The average Bonchev–Trinajstić information content (AvgIpc) is 1.60. The summed E-state index contributed by atoms with van der Waals surface area (Å²) in [6, 6.07) is 12.3. The van der Waals surface area contributed by atoms with E-state index in [-0.39, 0.29) is 73.1 Å². The van der Waals surface area contributed by atoms with Crippen molar-refractivity contribution in [2.75, 3.05) is 0 Å². The van der Waals surface area contributed by atoms with Crippen LogP contribution in [0.3, 0.4) is 0 Å². The molecule has 3 aliphatic carbocycles. The molecule has 31 heteroatoms. The Kier molecular flexibility index (Phi) is 29.6. The first-order chi connectivity index (χ1) is 56.5. The van der Waals surface area contributed by atoms with Gasteiger partial charge in [-0.2, -0.15) is 0 Å². The van der Waals surface area contributed by atoms with E-state index in [4.69, 9.17) is 26.5 Å². The van der Waals surface area contributed by atoms with Crippen molar-refractivity contribution in [3.8, 4) is 0 Å². The Balaban J connectivity index is 0.000000139. The lowest BCUT2D eigenvalue weighted by atomic mass is 9.84. The summed E-state index contributed by atoms with van der Waals surface area (Å²) >= 11 is 1.69. The highest BCUT2D eigenvalue weighted by atomic mass is 32.1. The maximum absolute atomic E-state index is 12.0. The van der Waals surface area contributed by atoms with Crippen LogP contribution in [-0.2, 0) is 112 Å². The van der Waals surface area contributed by atoms with E-state index in [0.29, 0.717) is 129 Å². The third kappa shape index (κ3) is 23.6. The number of aryl methyl sites for hydroxylation is 6. The minimum Gasteiger partial charge on any atom is -0.426 e. The van der Waals surface area contributed by atoms with Crippen LogP contribution in [-0.4, -0.2) is 70.9 Å². The average molecular weight is 1640 g/mol. The number of nitrogens with one attached hydrogen (secondary N) is 6. The van der Waals surface area contributed by atoms with Crippen molar-refractivity contribution in [1.29, 1.82) is 0 Å². The molecule has 6 aliphatic heterocycles. The molecule has 16 rings (SSSR count). The molecule has 0 saturated heterocycles. The molecular weight excluding hydrogens is 1550 g/mol. The molecular formula is C87H94N6O24S. The van der Waals surface area contributed by atoms with E-state index in [0.717, 1.165) is 63.4 Å². The number of thiophene rings is 1. The molecule has 0 radical (unpaired) electrons. The molecule has 2 fully saturated rings. The summed E-state index contributed by atoms with van der Waals surface area (Å²) in [5.74, 6) is -1.38. The third-order valence-corrected chi connectivity index (χ3v) is 22.5. The normalized spacial score (nSPS) is 17.1. The highest BCUT2D eigenvalue weighted by molar-refractivity contribution is 7.09. The number of imide groups is 6. The van der Waals surface area contributed by atoms with Crippen molar-refractivity contribution in [1.82, 2.24) is 31.9 Å². The highest BCUT2D eigenvalue weighted by Crippen LogP contribution is 2.33. The zero-order valence-corrected chi connectivity index (χ0v) is 67.0. The van der Waals surface area contributed by atoms with Gasteiger partial charge in [0.05, 0.1) is 71.9 Å². The Morgan fingerprint density at radius 2 is 0.653 bits per heavy atom. The summed E-state index contributed by atoms with van der Waals surface area (Å²) in [6.45, 7) is 8.39. The summed E-state index contributed by atoms with van der Waals surface area (Å²) in [5, 5.41) is 15.6. The predicted molar refractivity (Wildman–Crippen MR) is 425 cm³/mol. The first kappa shape index (κ1) is 86.8. The third-order valence-electron chi connectivity index (χ3n) is 21.6. The monoisotopic (exact) mass is 1640 g/mol. The number of hydrogen-bond donors (Lipinski definition) is 6. The standard InChI is InChI=1S/C16H19NO4.C15H13NO4S.C15H17NO4.C14H13NO4.C14H17NO4.C13H15NO4/c18-13-9-12-15(16(20)17-13)11(8-14(19)21-12)7-6-10-4-2-1-3-5-10;17-12-8-11-14(15(19)16-12)9(7-13(18)20-11)3-1-4-10-5-2-6-21-10;17-12-8-11-14(15(19)16-12)10(7-13(18)20-11)6-5-9-3-1-2-4-9;16-11-7-10-13(14(18)15-11)9(6-12(17)19-10)5-8-3-1-2-4-8;1-8(2)4-3-5-9-6-12(17)19-10-7-11(16)15-14(18)13(9)10;1-7(2)3-4-8-5-11(16)18-9-6-10(15)14-13(17)12(8)9/h8,10H,1-7,9H2,(H,17,18,20);2,5-7H,1,3-4,8H2,(H,16,17,19);7,9H,1-6,8H2,(H,16,17,19);1,3,6,8H,2,4-5,7H2,(H,15,16,18);6,8H,3-5,7H2,1-2H3,(H,15,16,18);5,7H,3-4,6H2,1-2H3,(H,14,15,17). The Bertz CT molecular complexity index is 5480. The molecule has 0 spiro atoms. The lowest BCUT2D eigenvalue weighted by Gasteiger charge is -2.22. The Hall–Kier alpha value is -12.0. The Labute approximate surface area is 679 Å². The molecule has 13 heterocycles. The van der Waals surface area contributed by atoms with Crippen molar-refractivity contribution >= 4 is 82.2 Å². The van der Waals surface area contributed by atoms with Crippen LogP contribution in [0.1, 0.15) is 272 Å². The second-order valence-electron chi connectivity index (χ2n) is 31.5. The fraction of sp³-hybridized carbons (Fsp3) is 0.448. The van der Waals surface area contributed by atoms with Gasteiger partial charge >= 0.3 is 33.8 Å². The van der Waals surface area contributed by atoms with E-state index >= 15 is 0 Å². The summed E-state index contributed by atoms with van der Waals surface area (Å²) in [5.41, 5.74) is 3.35. The van der Waals surface area contributed by atoms with Crippen LogP contribution in [0.4, 0.5) is 0 Å². The van der Waals surface area contributed by atoms with E-state index in [1.165, 1.54) is 99.1 Å². The van der Waals surface area contributed by atoms with Gasteiger partial charge < -0.3 is 26.5 Å². The summed E-state index contributed by atoms with van der Waals surface area (Å²) in [4.78, 5) is 210. The van der Waals surface area contributed by atoms with E-state index < -0.39 is 105 Å². The minimum absolute atomic E-state index is 0.0341. The second kappa shape index (κ2) is 40.2. The number of allylic oxidation sites excluding steroid dienone is 2. The van der Waals surface area contributed by atoms with Crippen LogP contribution in [0.25, 0.3) is 0 Å². The molecule has 2 saturated carbocycles. The van der Waals surface area contributed by atoms with Gasteiger partial charge in [0.1, 0.15) is 34.6 Å². The lowest BCUT2D eigenvalue weighted by molar-refractivity contribution is -0.121. The SMILES string of the molecule is CC(C)CCCc1cc(=O)oc2c1C(=O)NC(=O)C2.CC(C)CCc1cc(=O)oc2c1C(=O)NC(=O)C2.O=C1Cc2oc(=O)cc(CC3C=CCC3)c2C(=O)N1.O=C1Cc2oc(=O)cc(CCC3CCCC3)c2C(=O)N1.O=C1Cc2oc(=O)cc(CCC3CCCCC3)c2C(=O)N1.O=C1Cc2oc(=O)cc(CCCc3cccs3)c2C(=O)N1. The Morgan fingerprint density at radius 3 is 0.966 bits per heavy atom. The highest BCUT2D eigenvalue weighted by Gasteiger charge is 2.35. The van der Waals surface area contributed by atoms with Crippen LogP contribution in [0.2, 0.25) is 0 Å². The lowest BCUT2D eigenvalue weighted by Crippen LogP contribution is -2.38. The van der Waals surface area contributed by atoms with Gasteiger partial charge in [-0.3, -0.25) is 89.4 Å². The molecule has 30 nitrogen and oxygen atoms in total. The first-order valence-corrected chi connectivity index (χ1v) is 41.0. The molecule has 0 bridgehead atoms. The van der Waals surface area contributed by atoms with Gasteiger partial charge in [0.2, 0.25) is 35.4 Å². The summed E-state index contributed by atoms with van der Waals surface area (Å²) in [6.07, 6.45) is 27.7. The molecule has 622 valence electrons. The van der Waals surface area contributed by atoms with Crippen LogP contribution in [0, 0.1) is 29.6 Å². The molecule has 1 atom stereocenters. The maximum Gasteiger partial charge on any atom is 0.336 e. The fourth-order valence-corrected chi connectivity index (χ4v) is 16.8. The number of rotatable bonds is 19. The van der Waals surface area contributed by atoms with Crippen LogP contribution < -0.4 is 65.7 Å². The zero-order chi connectivity index (χ0) is 84.4. The van der Waals surface area contributed by atoms with E-state index in [9.17, 15) is 86.3 Å². The molecule has 7 aromatic heterocycles.